The Bertz CT molecular complexity index is 442. The fourth-order valence-corrected chi connectivity index (χ4v) is 2.17. The largest absolute Gasteiger partial charge is 0.398 e. The van der Waals surface area contributed by atoms with Crippen molar-refractivity contribution in [3.05, 3.63) is 23.5 Å². The number of carbonyl (C=O) groups is 1. The lowest BCUT2D eigenvalue weighted by atomic mass is 10.1. The molecule has 0 spiro atoms. The summed E-state index contributed by atoms with van der Waals surface area (Å²) in [6.07, 6.45) is 3.24. The molecule has 1 fully saturated rings. The summed E-state index contributed by atoms with van der Waals surface area (Å²) in [5, 5.41) is 0. The zero-order valence-corrected chi connectivity index (χ0v) is 9.58. The number of primary amides is 1. The number of hydrogen-bond donors (Lipinski definition) is 2. The van der Waals surface area contributed by atoms with Crippen LogP contribution >= 0.6 is 0 Å². The van der Waals surface area contributed by atoms with Crippen LogP contribution in [0.15, 0.2) is 12.1 Å². The highest BCUT2D eigenvalue weighted by molar-refractivity contribution is 5.99. The first-order chi connectivity index (χ1) is 8.09. The van der Waals surface area contributed by atoms with E-state index in [1.807, 2.05) is 4.90 Å². The van der Waals surface area contributed by atoms with Crippen LogP contribution in [0.3, 0.4) is 0 Å². The number of anilines is 2. The summed E-state index contributed by atoms with van der Waals surface area (Å²) < 4.78 is 13.8. The number of hydrogen-bond acceptors (Lipinski definition) is 3. The molecule has 1 aromatic rings. The third-order valence-corrected chi connectivity index (χ3v) is 3.08. The molecule has 1 saturated heterocycles. The van der Waals surface area contributed by atoms with E-state index in [9.17, 15) is 9.18 Å². The summed E-state index contributed by atoms with van der Waals surface area (Å²) >= 11 is 0. The number of nitrogen functional groups attached to an aromatic ring is 1. The van der Waals surface area contributed by atoms with Crippen LogP contribution in [0.4, 0.5) is 15.8 Å². The molecule has 92 valence electrons. The van der Waals surface area contributed by atoms with E-state index in [0.29, 0.717) is 5.69 Å². The molecule has 5 heteroatoms. The van der Waals surface area contributed by atoms with E-state index in [1.165, 1.54) is 12.1 Å². The number of halogens is 1. The van der Waals surface area contributed by atoms with Crippen LogP contribution in [0.25, 0.3) is 0 Å². The molecule has 1 heterocycles. The second-order valence-corrected chi connectivity index (χ2v) is 4.30. The molecular weight excluding hydrogens is 221 g/mol. The minimum absolute atomic E-state index is 0.0933. The zero-order chi connectivity index (χ0) is 12.4. The highest BCUT2D eigenvalue weighted by atomic mass is 19.1. The lowest BCUT2D eigenvalue weighted by molar-refractivity contribution is 0.100. The summed E-state index contributed by atoms with van der Waals surface area (Å²) in [6, 6.07) is 2.63. The zero-order valence-electron chi connectivity index (χ0n) is 9.58. The minimum atomic E-state index is -0.624. The molecule has 0 saturated carbocycles. The van der Waals surface area contributed by atoms with Crippen molar-refractivity contribution in [1.29, 1.82) is 0 Å². The van der Waals surface area contributed by atoms with Gasteiger partial charge in [0.25, 0.3) is 5.91 Å². The molecule has 1 aromatic carbocycles. The van der Waals surface area contributed by atoms with Crippen molar-refractivity contribution in [2.45, 2.75) is 19.3 Å². The van der Waals surface area contributed by atoms with Crippen LogP contribution in [-0.2, 0) is 0 Å². The Kier molecular flexibility index (Phi) is 3.17. The summed E-state index contributed by atoms with van der Waals surface area (Å²) in [7, 11) is 0. The standard InChI is InChI=1S/C12H16FN3O/c13-9-7-10(14)8(12(15)17)6-11(9)16-4-2-1-3-5-16/h6-7H,1-5,14H2,(H2,15,17). The smallest absolute Gasteiger partial charge is 0.250 e. The molecule has 0 radical (unpaired) electrons. The Labute approximate surface area is 99.4 Å². The molecule has 1 aliphatic rings. The van der Waals surface area contributed by atoms with Crippen LogP contribution in [0.5, 0.6) is 0 Å². The average molecular weight is 237 g/mol. The highest BCUT2D eigenvalue weighted by Crippen LogP contribution is 2.27. The van der Waals surface area contributed by atoms with Gasteiger partial charge in [-0.15, -0.1) is 0 Å². The second-order valence-electron chi connectivity index (χ2n) is 4.30. The van der Waals surface area contributed by atoms with Gasteiger partial charge in [0.2, 0.25) is 0 Å². The maximum Gasteiger partial charge on any atom is 0.250 e. The Balaban J connectivity index is 2.38. The molecule has 17 heavy (non-hydrogen) atoms. The minimum Gasteiger partial charge on any atom is -0.398 e. The van der Waals surface area contributed by atoms with Crippen molar-refractivity contribution in [3.63, 3.8) is 0 Å². The third-order valence-electron chi connectivity index (χ3n) is 3.08. The van der Waals surface area contributed by atoms with Crippen molar-refractivity contribution >= 4 is 17.3 Å². The topological polar surface area (TPSA) is 72.4 Å². The van der Waals surface area contributed by atoms with Crippen LogP contribution in [0.2, 0.25) is 0 Å². The van der Waals surface area contributed by atoms with Crippen LogP contribution in [0, 0.1) is 5.82 Å². The number of benzene rings is 1. The van der Waals surface area contributed by atoms with Gasteiger partial charge in [0, 0.05) is 18.8 Å². The first kappa shape index (κ1) is 11.7. The van der Waals surface area contributed by atoms with Gasteiger partial charge >= 0.3 is 0 Å². The van der Waals surface area contributed by atoms with Crippen molar-refractivity contribution in [3.8, 4) is 0 Å². The molecule has 0 aromatic heterocycles. The maximum atomic E-state index is 13.8. The van der Waals surface area contributed by atoms with Gasteiger partial charge in [-0.05, 0) is 31.4 Å². The van der Waals surface area contributed by atoms with Crippen molar-refractivity contribution in [2.75, 3.05) is 23.7 Å². The molecule has 1 aliphatic heterocycles. The van der Waals surface area contributed by atoms with E-state index in [4.69, 9.17) is 11.5 Å². The molecule has 4 nitrogen and oxygen atoms in total. The Morgan fingerprint density at radius 1 is 1.24 bits per heavy atom. The summed E-state index contributed by atoms with van der Waals surface area (Å²) in [4.78, 5) is 13.1. The summed E-state index contributed by atoms with van der Waals surface area (Å²) in [5.41, 5.74) is 11.5. The second kappa shape index (κ2) is 4.61. The van der Waals surface area contributed by atoms with Gasteiger partial charge in [-0.2, -0.15) is 0 Å². The normalized spacial score (nSPS) is 15.9. The molecule has 4 N–H and O–H groups in total. The van der Waals surface area contributed by atoms with Gasteiger partial charge in [-0.1, -0.05) is 0 Å². The lowest BCUT2D eigenvalue weighted by Crippen LogP contribution is -2.30. The van der Waals surface area contributed by atoms with Crippen molar-refractivity contribution < 1.29 is 9.18 Å². The average Bonchev–Trinajstić information content (AvgIpc) is 2.29. The third kappa shape index (κ3) is 2.33. The highest BCUT2D eigenvalue weighted by Gasteiger charge is 2.18. The molecular formula is C12H16FN3O. The quantitative estimate of drug-likeness (QED) is 0.765. The number of carbonyl (C=O) groups excluding carboxylic acids is 1. The van der Waals surface area contributed by atoms with Gasteiger partial charge in [-0.3, -0.25) is 4.79 Å². The van der Waals surface area contributed by atoms with E-state index in [-0.39, 0.29) is 11.3 Å². The number of nitrogens with zero attached hydrogens (tertiary/aromatic N) is 1. The van der Waals surface area contributed by atoms with Gasteiger partial charge in [0.05, 0.1) is 11.3 Å². The van der Waals surface area contributed by atoms with E-state index >= 15 is 0 Å². The SMILES string of the molecule is NC(=O)c1cc(N2CCCCC2)c(F)cc1N. The van der Waals surface area contributed by atoms with E-state index in [2.05, 4.69) is 0 Å². The van der Waals surface area contributed by atoms with E-state index < -0.39 is 11.7 Å². The van der Waals surface area contributed by atoms with Crippen LogP contribution in [-0.4, -0.2) is 19.0 Å². The summed E-state index contributed by atoms with van der Waals surface area (Å²) in [5.74, 6) is -1.02. The molecule has 2 rings (SSSR count). The van der Waals surface area contributed by atoms with Crippen LogP contribution in [0.1, 0.15) is 29.6 Å². The number of nitrogens with two attached hydrogens (primary N) is 2. The van der Waals surface area contributed by atoms with Gasteiger partial charge < -0.3 is 16.4 Å². The number of piperidine rings is 1. The van der Waals surface area contributed by atoms with E-state index in [1.54, 1.807) is 0 Å². The lowest BCUT2D eigenvalue weighted by Gasteiger charge is -2.29. The number of rotatable bonds is 2. The Morgan fingerprint density at radius 3 is 2.47 bits per heavy atom. The monoisotopic (exact) mass is 237 g/mol. The molecule has 0 atom stereocenters. The first-order valence-electron chi connectivity index (χ1n) is 5.73. The van der Waals surface area contributed by atoms with Crippen molar-refractivity contribution in [2.24, 2.45) is 5.73 Å². The first-order valence-corrected chi connectivity index (χ1v) is 5.73. The molecule has 0 aliphatic carbocycles. The van der Waals surface area contributed by atoms with Gasteiger partial charge in [0.15, 0.2) is 0 Å². The predicted molar refractivity (Wildman–Crippen MR) is 65.4 cm³/mol. The Morgan fingerprint density at radius 2 is 1.88 bits per heavy atom. The summed E-state index contributed by atoms with van der Waals surface area (Å²) in [6.45, 7) is 1.61. The predicted octanol–water partition coefficient (Wildman–Crippen LogP) is 1.50. The molecule has 0 bridgehead atoms. The number of amides is 1. The fraction of sp³-hybridized carbons (Fsp3) is 0.417. The van der Waals surface area contributed by atoms with Gasteiger partial charge in [-0.25, -0.2) is 4.39 Å². The van der Waals surface area contributed by atoms with Crippen molar-refractivity contribution in [1.82, 2.24) is 0 Å². The fourth-order valence-electron chi connectivity index (χ4n) is 2.17. The Hall–Kier alpha value is -1.78. The molecule has 1 amide bonds. The van der Waals surface area contributed by atoms with E-state index in [0.717, 1.165) is 32.4 Å². The maximum absolute atomic E-state index is 13.8. The molecule has 0 unspecified atom stereocenters. The van der Waals surface area contributed by atoms with Gasteiger partial charge in [0.1, 0.15) is 5.82 Å². The van der Waals surface area contributed by atoms with Crippen LogP contribution < -0.4 is 16.4 Å².